The monoisotopic (exact) mass is 431 g/mol. The van der Waals surface area contributed by atoms with Gasteiger partial charge in [-0.15, -0.1) is 0 Å². The Morgan fingerprint density at radius 1 is 1.20 bits per heavy atom. The highest BCUT2D eigenvalue weighted by molar-refractivity contribution is 6.34. The molecule has 1 atom stereocenters. The summed E-state index contributed by atoms with van der Waals surface area (Å²) < 4.78 is 6.48. The zero-order chi connectivity index (χ0) is 22.0. The Bertz CT molecular complexity index is 1140. The smallest absolute Gasteiger partial charge is 0.395 e. The summed E-state index contributed by atoms with van der Waals surface area (Å²) in [5.41, 5.74) is 2.36. The van der Waals surface area contributed by atoms with Crippen LogP contribution in [0.5, 0.6) is 0 Å². The molecule has 2 aromatic heterocycles. The number of halogens is 1. The lowest BCUT2D eigenvalue weighted by Crippen LogP contribution is -2.25. The first kappa shape index (κ1) is 21.1. The standard InChI is InChI=1S/C19H18ClN5O5/c1-10-8-11(2)24(23-10)12(3)18(26)22-15-5-4-13(9-14(15)20)21-19(27)16-6-7-17(30-16)25(28)29/h4-9,12H,1-3H3,(H,21,27)(H,22,26). The van der Waals surface area contributed by atoms with Crippen LogP contribution in [-0.4, -0.2) is 26.5 Å². The summed E-state index contributed by atoms with van der Waals surface area (Å²) in [5.74, 6) is -1.72. The van der Waals surface area contributed by atoms with Crippen molar-refractivity contribution >= 4 is 40.7 Å². The van der Waals surface area contributed by atoms with Crippen molar-refractivity contribution in [1.29, 1.82) is 0 Å². The zero-order valence-electron chi connectivity index (χ0n) is 16.3. The van der Waals surface area contributed by atoms with Gasteiger partial charge in [0, 0.05) is 11.4 Å². The van der Waals surface area contributed by atoms with Crippen LogP contribution in [0.1, 0.15) is 34.9 Å². The number of rotatable bonds is 6. The molecule has 0 aliphatic heterocycles. The second kappa shape index (κ2) is 8.37. The fraction of sp³-hybridized carbons (Fsp3) is 0.211. The Morgan fingerprint density at radius 3 is 2.50 bits per heavy atom. The molecule has 1 aromatic carbocycles. The summed E-state index contributed by atoms with van der Waals surface area (Å²) in [6.45, 7) is 5.43. The number of furan rings is 1. The van der Waals surface area contributed by atoms with E-state index in [1.807, 2.05) is 19.9 Å². The van der Waals surface area contributed by atoms with Crippen LogP contribution in [0.15, 0.2) is 40.8 Å². The number of amides is 2. The van der Waals surface area contributed by atoms with E-state index in [0.717, 1.165) is 17.5 Å². The molecule has 0 spiro atoms. The van der Waals surface area contributed by atoms with Gasteiger partial charge in [0.15, 0.2) is 5.76 Å². The fourth-order valence-electron chi connectivity index (χ4n) is 2.82. The number of hydrogen-bond acceptors (Lipinski definition) is 6. The molecule has 2 N–H and O–H groups in total. The van der Waals surface area contributed by atoms with Gasteiger partial charge in [-0.05, 0) is 51.1 Å². The van der Waals surface area contributed by atoms with E-state index in [4.69, 9.17) is 16.0 Å². The van der Waals surface area contributed by atoms with E-state index in [1.54, 1.807) is 11.6 Å². The van der Waals surface area contributed by atoms with Crippen LogP contribution in [0.2, 0.25) is 5.02 Å². The molecule has 11 heteroatoms. The molecule has 10 nitrogen and oxygen atoms in total. The third-order valence-corrected chi connectivity index (χ3v) is 4.58. The van der Waals surface area contributed by atoms with Gasteiger partial charge in [-0.3, -0.25) is 24.4 Å². The molecule has 0 radical (unpaired) electrons. The SMILES string of the molecule is Cc1cc(C)n(C(C)C(=O)Nc2ccc(NC(=O)c3ccc([N+](=O)[O-])o3)cc2Cl)n1. The summed E-state index contributed by atoms with van der Waals surface area (Å²) in [6.07, 6.45) is 0. The van der Waals surface area contributed by atoms with E-state index < -0.39 is 22.8 Å². The van der Waals surface area contributed by atoms with Gasteiger partial charge >= 0.3 is 5.88 Å². The third-order valence-electron chi connectivity index (χ3n) is 4.27. The lowest BCUT2D eigenvalue weighted by molar-refractivity contribution is -0.402. The van der Waals surface area contributed by atoms with Crippen LogP contribution >= 0.6 is 11.6 Å². The maximum atomic E-state index is 12.6. The van der Waals surface area contributed by atoms with Gasteiger partial charge in [0.25, 0.3) is 5.91 Å². The lowest BCUT2D eigenvalue weighted by atomic mass is 10.2. The van der Waals surface area contributed by atoms with Crippen molar-refractivity contribution in [3.8, 4) is 0 Å². The van der Waals surface area contributed by atoms with Crippen LogP contribution in [-0.2, 0) is 4.79 Å². The molecule has 1 unspecified atom stereocenters. The van der Waals surface area contributed by atoms with E-state index in [1.165, 1.54) is 24.3 Å². The van der Waals surface area contributed by atoms with Gasteiger partial charge in [0.05, 0.1) is 22.5 Å². The highest BCUT2D eigenvalue weighted by atomic mass is 35.5. The van der Waals surface area contributed by atoms with E-state index in [-0.39, 0.29) is 16.7 Å². The average Bonchev–Trinajstić information content (AvgIpc) is 3.30. The largest absolute Gasteiger partial charge is 0.433 e. The van der Waals surface area contributed by atoms with Gasteiger partial charge in [-0.25, -0.2) is 0 Å². The van der Waals surface area contributed by atoms with Gasteiger partial charge in [0.2, 0.25) is 5.91 Å². The third kappa shape index (κ3) is 4.49. The highest BCUT2D eigenvalue weighted by Crippen LogP contribution is 2.27. The fourth-order valence-corrected chi connectivity index (χ4v) is 3.05. The van der Waals surface area contributed by atoms with Crippen LogP contribution in [0.3, 0.4) is 0 Å². The van der Waals surface area contributed by atoms with Crippen molar-refractivity contribution in [3.63, 3.8) is 0 Å². The maximum absolute atomic E-state index is 12.6. The average molecular weight is 432 g/mol. The normalized spacial score (nSPS) is 11.7. The number of carbonyl (C=O) groups is 2. The zero-order valence-corrected chi connectivity index (χ0v) is 17.1. The Kier molecular flexibility index (Phi) is 5.88. The van der Waals surface area contributed by atoms with E-state index in [2.05, 4.69) is 15.7 Å². The topological polar surface area (TPSA) is 132 Å². The number of nitro groups is 1. The first-order chi connectivity index (χ1) is 14.2. The highest BCUT2D eigenvalue weighted by Gasteiger charge is 2.20. The van der Waals surface area contributed by atoms with Gasteiger partial charge in [-0.1, -0.05) is 11.6 Å². The van der Waals surface area contributed by atoms with E-state index >= 15 is 0 Å². The molecule has 2 amide bonds. The minimum absolute atomic E-state index is 0.201. The first-order valence-electron chi connectivity index (χ1n) is 8.84. The molecule has 0 aliphatic rings. The van der Waals surface area contributed by atoms with E-state index in [9.17, 15) is 19.7 Å². The summed E-state index contributed by atoms with van der Waals surface area (Å²) in [7, 11) is 0. The molecule has 0 bridgehead atoms. The molecule has 3 rings (SSSR count). The molecule has 0 saturated heterocycles. The molecule has 0 saturated carbocycles. The van der Waals surface area contributed by atoms with Crippen molar-refractivity contribution in [2.75, 3.05) is 10.6 Å². The van der Waals surface area contributed by atoms with Crippen molar-refractivity contribution in [3.05, 3.63) is 68.7 Å². The van der Waals surface area contributed by atoms with Crippen molar-refractivity contribution in [2.24, 2.45) is 0 Å². The van der Waals surface area contributed by atoms with Gasteiger partial charge in [-0.2, -0.15) is 5.10 Å². The quantitative estimate of drug-likeness (QED) is 0.445. The Labute approximate surface area is 176 Å². The number of carbonyl (C=O) groups excluding carboxylic acids is 2. The molecule has 2 heterocycles. The number of anilines is 2. The second-order valence-electron chi connectivity index (χ2n) is 6.58. The van der Waals surface area contributed by atoms with Gasteiger partial charge in [0.1, 0.15) is 11.0 Å². The van der Waals surface area contributed by atoms with Crippen molar-refractivity contribution < 1.29 is 18.9 Å². The Hall–Kier alpha value is -3.66. The van der Waals surface area contributed by atoms with Crippen LogP contribution in [0.25, 0.3) is 0 Å². The summed E-state index contributed by atoms with van der Waals surface area (Å²) in [6, 6.07) is 8.12. The number of aryl methyl sites for hydroxylation is 2. The molecule has 30 heavy (non-hydrogen) atoms. The maximum Gasteiger partial charge on any atom is 0.433 e. The van der Waals surface area contributed by atoms with Crippen LogP contribution in [0, 0.1) is 24.0 Å². The van der Waals surface area contributed by atoms with E-state index in [0.29, 0.717) is 11.4 Å². The van der Waals surface area contributed by atoms with Crippen molar-refractivity contribution in [1.82, 2.24) is 9.78 Å². The summed E-state index contributed by atoms with van der Waals surface area (Å²) in [5, 5.41) is 20.4. The number of nitrogens with one attached hydrogen (secondary N) is 2. The predicted molar refractivity (Wildman–Crippen MR) is 110 cm³/mol. The first-order valence-corrected chi connectivity index (χ1v) is 9.22. The lowest BCUT2D eigenvalue weighted by Gasteiger charge is -2.15. The number of hydrogen-bond donors (Lipinski definition) is 2. The molecular weight excluding hydrogens is 414 g/mol. The second-order valence-corrected chi connectivity index (χ2v) is 6.99. The Morgan fingerprint density at radius 2 is 1.93 bits per heavy atom. The molecule has 0 aliphatic carbocycles. The molecule has 3 aromatic rings. The molecule has 156 valence electrons. The predicted octanol–water partition coefficient (Wildman–Crippen LogP) is 4.11. The van der Waals surface area contributed by atoms with Gasteiger partial charge < -0.3 is 15.1 Å². The minimum atomic E-state index is -0.738. The van der Waals surface area contributed by atoms with Crippen molar-refractivity contribution in [2.45, 2.75) is 26.8 Å². The number of aromatic nitrogens is 2. The Balaban J connectivity index is 1.68. The summed E-state index contributed by atoms with van der Waals surface area (Å²) in [4.78, 5) is 34.6. The van der Waals surface area contributed by atoms with Crippen LogP contribution < -0.4 is 10.6 Å². The number of nitrogens with zero attached hydrogens (tertiary/aromatic N) is 3. The summed E-state index contributed by atoms with van der Waals surface area (Å²) >= 11 is 6.23. The minimum Gasteiger partial charge on any atom is -0.395 e. The van der Waals surface area contributed by atoms with Crippen LogP contribution in [0.4, 0.5) is 17.3 Å². The molecular formula is C19H18ClN5O5. The molecule has 0 fully saturated rings. The number of benzene rings is 1.